The van der Waals surface area contributed by atoms with Crippen molar-refractivity contribution in [2.24, 2.45) is 0 Å². The molecule has 0 saturated carbocycles. The Morgan fingerprint density at radius 3 is 2.48 bits per heavy atom. The molecule has 0 spiro atoms. The van der Waals surface area contributed by atoms with Crippen LogP contribution in [0, 0.1) is 6.92 Å². The first kappa shape index (κ1) is 20.3. The van der Waals surface area contributed by atoms with Crippen LogP contribution < -0.4 is 0 Å². The van der Waals surface area contributed by atoms with E-state index >= 15 is 0 Å². The number of hydrogen-bond donors (Lipinski definition) is 0. The molecular weight excluding hydrogens is 376 g/mol. The van der Waals surface area contributed by atoms with Crippen molar-refractivity contribution in [2.45, 2.75) is 29.8 Å². The van der Waals surface area contributed by atoms with Gasteiger partial charge in [0.25, 0.3) is 0 Å². The molecule has 0 fully saturated rings. The first-order valence-electron chi connectivity index (χ1n) is 8.00. The van der Waals surface area contributed by atoms with Crippen LogP contribution in [0.2, 0.25) is 0 Å². The van der Waals surface area contributed by atoms with E-state index in [0.29, 0.717) is 6.54 Å². The van der Waals surface area contributed by atoms with Crippen molar-refractivity contribution in [3.63, 3.8) is 0 Å². The molecule has 0 aliphatic rings. The van der Waals surface area contributed by atoms with Crippen molar-refractivity contribution in [3.05, 3.63) is 36.0 Å². The summed E-state index contributed by atoms with van der Waals surface area (Å²) in [5.41, 5.74) is 1.02. The van der Waals surface area contributed by atoms with Crippen LogP contribution in [-0.4, -0.2) is 60.5 Å². The largest absolute Gasteiger partial charge is 0.309 e. The molecule has 2 rings (SSSR count). The lowest BCUT2D eigenvalue weighted by Gasteiger charge is -2.07. The molecule has 0 radical (unpaired) electrons. The zero-order valence-electron chi connectivity index (χ0n) is 14.8. The highest BCUT2D eigenvalue weighted by atomic mass is 33.1. The first-order chi connectivity index (χ1) is 11.9. The van der Waals surface area contributed by atoms with Crippen LogP contribution in [0.25, 0.3) is 0 Å². The Morgan fingerprint density at radius 1 is 1.12 bits per heavy atom. The molecule has 0 N–H and O–H groups in total. The van der Waals surface area contributed by atoms with E-state index in [1.807, 2.05) is 28.5 Å². The highest BCUT2D eigenvalue weighted by molar-refractivity contribution is 8.76. The summed E-state index contributed by atoms with van der Waals surface area (Å²) in [6, 6.07) is 6.77. The molecule has 2 aromatic rings. The van der Waals surface area contributed by atoms with Crippen LogP contribution in [0.5, 0.6) is 0 Å². The van der Waals surface area contributed by atoms with Gasteiger partial charge in [-0.05, 0) is 39.6 Å². The highest BCUT2D eigenvalue weighted by Gasteiger charge is 2.21. The summed E-state index contributed by atoms with van der Waals surface area (Å²) >= 11 is 0. The van der Waals surface area contributed by atoms with Crippen LogP contribution in [0.3, 0.4) is 0 Å². The van der Waals surface area contributed by atoms with Crippen LogP contribution in [0.15, 0.2) is 40.4 Å². The average molecular weight is 401 g/mol. The minimum absolute atomic E-state index is 0.00404. The molecule has 0 aliphatic carbocycles. The topological polar surface area (TPSA) is 68.1 Å². The molecule has 0 bridgehead atoms. The van der Waals surface area contributed by atoms with Gasteiger partial charge >= 0.3 is 0 Å². The van der Waals surface area contributed by atoms with Crippen LogP contribution >= 0.6 is 21.6 Å². The Hall–Kier alpha value is -1.03. The van der Waals surface area contributed by atoms with E-state index in [9.17, 15) is 8.42 Å². The fraction of sp³-hybridized carbons (Fsp3) is 0.500. The fourth-order valence-electron chi connectivity index (χ4n) is 1.97. The zero-order valence-corrected chi connectivity index (χ0v) is 17.2. The van der Waals surface area contributed by atoms with Gasteiger partial charge in [-0.3, -0.25) is 4.68 Å². The van der Waals surface area contributed by atoms with E-state index in [4.69, 9.17) is 0 Å². The van der Waals surface area contributed by atoms with Crippen molar-refractivity contribution in [2.75, 3.05) is 32.1 Å². The Bertz CT molecular complexity index is 758. The van der Waals surface area contributed by atoms with Gasteiger partial charge < -0.3 is 4.90 Å². The van der Waals surface area contributed by atoms with E-state index in [2.05, 4.69) is 29.3 Å². The summed E-state index contributed by atoms with van der Waals surface area (Å²) in [7, 11) is 4.23. The predicted molar refractivity (Wildman–Crippen MR) is 105 cm³/mol. The molecule has 6 nitrogen and oxygen atoms in total. The summed E-state index contributed by atoms with van der Waals surface area (Å²) in [6.45, 7) is 3.65. The molecule has 1 aromatic carbocycles. The van der Waals surface area contributed by atoms with Gasteiger partial charge in [0.2, 0.25) is 14.9 Å². The maximum absolute atomic E-state index is 12.5. The predicted octanol–water partition coefficient (Wildman–Crippen LogP) is 2.75. The quantitative estimate of drug-likeness (QED) is 0.449. The smallest absolute Gasteiger partial charge is 0.227 e. The molecule has 25 heavy (non-hydrogen) atoms. The minimum atomic E-state index is -3.59. The Balaban J connectivity index is 1.82. The summed E-state index contributed by atoms with van der Waals surface area (Å²) in [5, 5.41) is 7.79. The Labute approximate surface area is 157 Å². The number of rotatable bonds is 10. The molecule has 9 heteroatoms. The van der Waals surface area contributed by atoms with Gasteiger partial charge in [0.05, 0.1) is 11.1 Å². The van der Waals surface area contributed by atoms with E-state index in [1.54, 1.807) is 28.9 Å². The van der Waals surface area contributed by atoms with Crippen LogP contribution in [0.4, 0.5) is 0 Å². The van der Waals surface area contributed by atoms with Gasteiger partial charge in [-0.1, -0.05) is 44.5 Å². The number of aromatic nitrogens is 3. The van der Waals surface area contributed by atoms with Crippen molar-refractivity contribution in [1.29, 1.82) is 0 Å². The Morgan fingerprint density at radius 2 is 1.80 bits per heavy atom. The number of hydrogen-bond acceptors (Lipinski definition) is 7. The van der Waals surface area contributed by atoms with Crippen molar-refractivity contribution in [1.82, 2.24) is 19.9 Å². The van der Waals surface area contributed by atoms with Crippen LogP contribution in [-0.2, 0) is 16.4 Å². The van der Waals surface area contributed by atoms with Gasteiger partial charge in [-0.15, -0.1) is 5.10 Å². The fourth-order valence-corrected chi connectivity index (χ4v) is 5.32. The normalized spacial score (nSPS) is 12.0. The van der Waals surface area contributed by atoms with Crippen molar-refractivity contribution in [3.8, 4) is 0 Å². The van der Waals surface area contributed by atoms with Gasteiger partial charge in [0, 0.05) is 24.6 Å². The summed E-state index contributed by atoms with van der Waals surface area (Å²) in [6.07, 6.45) is 2.44. The van der Waals surface area contributed by atoms with E-state index in [0.717, 1.165) is 30.0 Å². The molecular formula is C16H24N4O2S3. The molecule has 1 aromatic heterocycles. The lowest BCUT2D eigenvalue weighted by molar-refractivity contribution is 0.438. The molecule has 138 valence electrons. The molecule has 0 aliphatic heterocycles. The third-order valence-electron chi connectivity index (χ3n) is 3.44. The third kappa shape index (κ3) is 6.32. The molecule has 0 saturated heterocycles. The van der Waals surface area contributed by atoms with Crippen LogP contribution in [0.1, 0.15) is 12.0 Å². The Kier molecular flexibility index (Phi) is 7.80. The number of aryl methyl sites for hydroxylation is 2. The summed E-state index contributed by atoms with van der Waals surface area (Å²) in [4.78, 5) is 2.41. The zero-order chi connectivity index (χ0) is 18.3. The number of sulfone groups is 1. The van der Waals surface area contributed by atoms with E-state index < -0.39 is 9.84 Å². The molecule has 0 unspecified atom stereocenters. The maximum atomic E-state index is 12.5. The SMILES string of the molecule is Cc1ccc(S(=O)(=O)c2cn(CCCSSCCN(C)C)nn2)cc1. The monoisotopic (exact) mass is 400 g/mol. The highest BCUT2D eigenvalue weighted by Crippen LogP contribution is 2.22. The second-order valence-corrected chi connectivity index (χ2v) is 10.5. The number of nitrogens with zero attached hydrogens (tertiary/aromatic N) is 4. The van der Waals surface area contributed by atoms with Gasteiger partial charge in [0.15, 0.2) is 0 Å². The minimum Gasteiger partial charge on any atom is -0.309 e. The summed E-state index contributed by atoms with van der Waals surface area (Å²) < 4.78 is 26.7. The maximum Gasteiger partial charge on any atom is 0.227 e. The molecule has 0 amide bonds. The molecule has 1 heterocycles. The van der Waals surface area contributed by atoms with Crippen molar-refractivity contribution < 1.29 is 8.42 Å². The molecule has 0 atom stereocenters. The van der Waals surface area contributed by atoms with E-state index in [1.165, 1.54) is 6.20 Å². The van der Waals surface area contributed by atoms with Gasteiger partial charge in [-0.2, -0.15) is 0 Å². The summed E-state index contributed by atoms with van der Waals surface area (Å²) in [5.74, 6) is 2.10. The lowest BCUT2D eigenvalue weighted by Crippen LogP contribution is -2.14. The third-order valence-corrected chi connectivity index (χ3v) is 7.55. The van der Waals surface area contributed by atoms with Gasteiger partial charge in [-0.25, -0.2) is 8.42 Å². The second kappa shape index (κ2) is 9.61. The van der Waals surface area contributed by atoms with Crippen molar-refractivity contribution >= 4 is 31.4 Å². The van der Waals surface area contributed by atoms with E-state index in [-0.39, 0.29) is 9.92 Å². The van der Waals surface area contributed by atoms with Gasteiger partial charge in [0.1, 0.15) is 0 Å². The second-order valence-electron chi connectivity index (χ2n) is 5.94. The standard InChI is InChI=1S/C16H24N4O2S3/c1-14-5-7-15(8-6-14)25(21,22)16-13-20(18-17-16)9-4-11-23-24-12-10-19(2)3/h5-8,13H,4,9-12H2,1-3H3. The first-order valence-corrected chi connectivity index (χ1v) is 12.0. The number of benzene rings is 1. The average Bonchev–Trinajstić information content (AvgIpc) is 3.04. The lowest BCUT2D eigenvalue weighted by atomic mass is 10.2.